The number of hydrogen-bond acceptors (Lipinski definition) is 1. The maximum Gasteiger partial charge on any atom is 0.0540 e. The van der Waals surface area contributed by atoms with Crippen LogP contribution in [0.5, 0.6) is 0 Å². The summed E-state index contributed by atoms with van der Waals surface area (Å²) in [5.74, 6) is 0.555. The summed E-state index contributed by atoms with van der Waals surface area (Å²) in [7, 11) is 0. The van der Waals surface area contributed by atoms with Crippen molar-refractivity contribution in [3.63, 3.8) is 0 Å². The van der Waals surface area contributed by atoms with E-state index in [1.165, 1.54) is 22.3 Å². The van der Waals surface area contributed by atoms with Gasteiger partial charge in [-0.2, -0.15) is 0 Å². The smallest absolute Gasteiger partial charge is 0.0540 e. The maximum atomic E-state index is 5.99. The first-order chi connectivity index (χ1) is 14.8. The Balaban J connectivity index is 1.75. The van der Waals surface area contributed by atoms with Crippen molar-refractivity contribution in [1.29, 1.82) is 0 Å². The van der Waals surface area contributed by atoms with Crippen molar-refractivity contribution in [2.75, 3.05) is 13.2 Å². The van der Waals surface area contributed by atoms with Crippen LogP contribution in [0.2, 0.25) is 0 Å². The SMILES string of the molecule is C=Cc1ccc(C=C2CCOC[C@@H]2[C@@H](c2ccccc2)c2ccc(C=C)cc2)cc1. The topological polar surface area (TPSA) is 9.23 Å². The Morgan fingerprint density at radius 1 is 0.733 bits per heavy atom. The molecule has 0 bridgehead atoms. The lowest BCUT2D eigenvalue weighted by Crippen LogP contribution is -2.27. The van der Waals surface area contributed by atoms with E-state index in [-0.39, 0.29) is 5.92 Å². The van der Waals surface area contributed by atoms with Gasteiger partial charge >= 0.3 is 0 Å². The molecule has 1 saturated heterocycles. The Bertz CT molecular complexity index is 1010. The van der Waals surface area contributed by atoms with Gasteiger partial charge in [0.2, 0.25) is 0 Å². The molecule has 30 heavy (non-hydrogen) atoms. The first kappa shape index (κ1) is 20.1. The molecular weight excluding hydrogens is 364 g/mol. The standard InChI is InChI=1S/C29H28O/c1-3-22-10-12-24(13-11-22)20-27-18-19-30-21-28(27)29(25-8-6-5-7-9-25)26-16-14-23(4-2)15-17-26/h3-17,20,28-29H,1-2,18-19,21H2/t28-,29-/m0/s1. The molecule has 1 aliphatic heterocycles. The molecular formula is C29H28O. The minimum absolute atomic E-state index is 0.254. The summed E-state index contributed by atoms with van der Waals surface area (Å²) in [5, 5.41) is 0. The highest BCUT2D eigenvalue weighted by molar-refractivity contribution is 5.58. The van der Waals surface area contributed by atoms with Gasteiger partial charge in [0.25, 0.3) is 0 Å². The second-order valence-electron chi connectivity index (χ2n) is 7.78. The molecule has 0 aliphatic carbocycles. The van der Waals surface area contributed by atoms with Gasteiger partial charge in [-0.1, -0.05) is 116 Å². The minimum Gasteiger partial charge on any atom is -0.380 e. The van der Waals surface area contributed by atoms with Crippen LogP contribution >= 0.6 is 0 Å². The number of benzene rings is 3. The molecule has 0 aromatic heterocycles. The predicted molar refractivity (Wildman–Crippen MR) is 128 cm³/mol. The molecule has 1 fully saturated rings. The van der Waals surface area contributed by atoms with Gasteiger partial charge in [-0.15, -0.1) is 0 Å². The Hall–Kier alpha value is -3.16. The van der Waals surface area contributed by atoms with Crippen LogP contribution in [-0.2, 0) is 4.74 Å². The average Bonchev–Trinajstić information content (AvgIpc) is 2.82. The van der Waals surface area contributed by atoms with Crippen LogP contribution in [0.25, 0.3) is 18.2 Å². The van der Waals surface area contributed by atoms with Crippen molar-refractivity contribution in [2.45, 2.75) is 12.3 Å². The molecule has 4 rings (SSSR count). The molecule has 0 saturated carbocycles. The van der Waals surface area contributed by atoms with Crippen molar-refractivity contribution in [1.82, 2.24) is 0 Å². The molecule has 3 aromatic rings. The van der Waals surface area contributed by atoms with E-state index in [0.29, 0.717) is 5.92 Å². The molecule has 1 heteroatoms. The fourth-order valence-corrected chi connectivity index (χ4v) is 4.28. The first-order valence-electron chi connectivity index (χ1n) is 10.6. The fraction of sp³-hybridized carbons (Fsp3) is 0.172. The van der Waals surface area contributed by atoms with Crippen LogP contribution in [0.1, 0.15) is 40.2 Å². The fourth-order valence-electron chi connectivity index (χ4n) is 4.28. The molecule has 1 heterocycles. The average molecular weight is 393 g/mol. The van der Waals surface area contributed by atoms with E-state index in [2.05, 4.69) is 98.1 Å². The van der Waals surface area contributed by atoms with Crippen molar-refractivity contribution in [3.8, 4) is 0 Å². The van der Waals surface area contributed by atoms with E-state index < -0.39 is 0 Å². The van der Waals surface area contributed by atoms with E-state index in [1.54, 1.807) is 0 Å². The van der Waals surface area contributed by atoms with Crippen LogP contribution < -0.4 is 0 Å². The van der Waals surface area contributed by atoms with Gasteiger partial charge in [-0.25, -0.2) is 0 Å². The molecule has 0 spiro atoms. The number of hydrogen-bond donors (Lipinski definition) is 0. The van der Waals surface area contributed by atoms with E-state index in [0.717, 1.165) is 30.8 Å². The second-order valence-corrected chi connectivity index (χ2v) is 7.78. The highest BCUT2D eigenvalue weighted by Gasteiger charge is 2.30. The molecule has 2 atom stereocenters. The van der Waals surface area contributed by atoms with Crippen molar-refractivity contribution < 1.29 is 4.74 Å². The van der Waals surface area contributed by atoms with E-state index >= 15 is 0 Å². The van der Waals surface area contributed by atoms with Gasteiger partial charge in [0.1, 0.15) is 0 Å². The van der Waals surface area contributed by atoms with Gasteiger partial charge in [0.15, 0.2) is 0 Å². The van der Waals surface area contributed by atoms with Crippen LogP contribution in [0.4, 0.5) is 0 Å². The Labute approximate surface area is 180 Å². The summed E-state index contributed by atoms with van der Waals surface area (Å²) in [6.45, 7) is 9.26. The van der Waals surface area contributed by atoms with Gasteiger partial charge in [-0.05, 0) is 34.2 Å². The molecule has 1 nitrogen and oxygen atoms in total. The minimum atomic E-state index is 0.254. The van der Waals surface area contributed by atoms with Crippen molar-refractivity contribution >= 4 is 18.2 Å². The predicted octanol–water partition coefficient (Wildman–Crippen LogP) is 7.22. The van der Waals surface area contributed by atoms with E-state index in [4.69, 9.17) is 4.74 Å². The quantitative estimate of drug-likeness (QED) is 0.430. The maximum absolute atomic E-state index is 5.99. The van der Waals surface area contributed by atoms with Gasteiger partial charge < -0.3 is 4.74 Å². The molecule has 150 valence electrons. The highest BCUT2D eigenvalue weighted by Crippen LogP contribution is 2.40. The largest absolute Gasteiger partial charge is 0.380 e. The molecule has 0 amide bonds. The van der Waals surface area contributed by atoms with Gasteiger partial charge in [0.05, 0.1) is 13.2 Å². The van der Waals surface area contributed by atoms with Crippen LogP contribution in [0.15, 0.2) is 97.6 Å². The third-order valence-electron chi connectivity index (χ3n) is 5.93. The summed E-state index contributed by atoms with van der Waals surface area (Å²) in [6, 6.07) is 28.2. The summed E-state index contributed by atoms with van der Waals surface area (Å²) in [6.07, 6.45) is 7.09. The zero-order valence-electron chi connectivity index (χ0n) is 17.3. The lowest BCUT2D eigenvalue weighted by molar-refractivity contribution is 0.0797. The van der Waals surface area contributed by atoms with Crippen molar-refractivity contribution in [3.05, 3.63) is 125 Å². The zero-order valence-corrected chi connectivity index (χ0v) is 17.3. The highest BCUT2D eigenvalue weighted by atomic mass is 16.5. The second kappa shape index (κ2) is 9.56. The number of ether oxygens (including phenoxy) is 1. The number of rotatable bonds is 6. The lowest BCUT2D eigenvalue weighted by atomic mass is 9.75. The molecule has 0 unspecified atom stereocenters. The lowest BCUT2D eigenvalue weighted by Gasteiger charge is -2.34. The summed E-state index contributed by atoms with van der Waals surface area (Å²) < 4.78 is 5.99. The normalized spacial score (nSPS) is 18.7. The van der Waals surface area contributed by atoms with Crippen LogP contribution in [0, 0.1) is 5.92 Å². The van der Waals surface area contributed by atoms with Gasteiger partial charge in [-0.3, -0.25) is 0 Å². The first-order valence-corrected chi connectivity index (χ1v) is 10.6. The molecule has 0 radical (unpaired) electrons. The molecule has 0 N–H and O–H groups in total. The summed E-state index contributed by atoms with van der Waals surface area (Å²) >= 11 is 0. The van der Waals surface area contributed by atoms with Crippen molar-refractivity contribution in [2.24, 2.45) is 5.92 Å². The molecule has 3 aromatic carbocycles. The monoisotopic (exact) mass is 392 g/mol. The Morgan fingerprint density at radius 3 is 1.93 bits per heavy atom. The van der Waals surface area contributed by atoms with Crippen LogP contribution in [-0.4, -0.2) is 13.2 Å². The third kappa shape index (κ3) is 4.53. The Morgan fingerprint density at radius 2 is 1.30 bits per heavy atom. The zero-order chi connectivity index (χ0) is 20.8. The third-order valence-corrected chi connectivity index (χ3v) is 5.93. The van der Waals surface area contributed by atoms with E-state index in [9.17, 15) is 0 Å². The van der Waals surface area contributed by atoms with Crippen LogP contribution in [0.3, 0.4) is 0 Å². The summed E-state index contributed by atoms with van der Waals surface area (Å²) in [5.41, 5.74) is 7.61. The Kier molecular flexibility index (Phi) is 6.41. The summed E-state index contributed by atoms with van der Waals surface area (Å²) in [4.78, 5) is 0. The van der Waals surface area contributed by atoms with E-state index in [1.807, 2.05) is 12.2 Å². The van der Waals surface area contributed by atoms with Gasteiger partial charge in [0, 0.05) is 11.8 Å². The molecule has 1 aliphatic rings.